The van der Waals surface area contributed by atoms with Gasteiger partial charge in [0.05, 0.1) is 5.75 Å². The number of rotatable bonds is 3. The summed E-state index contributed by atoms with van der Waals surface area (Å²) in [6.45, 7) is 5.56. The van der Waals surface area contributed by atoms with Gasteiger partial charge in [0.1, 0.15) is 0 Å². The van der Waals surface area contributed by atoms with Gasteiger partial charge in [-0.1, -0.05) is 11.8 Å². The van der Waals surface area contributed by atoms with E-state index in [-0.39, 0.29) is 30.0 Å². The molecule has 0 aromatic carbocycles. The number of thioether (sulfide) groups is 1. The molecule has 6 nitrogen and oxygen atoms in total. The van der Waals surface area contributed by atoms with Gasteiger partial charge in [-0.15, -0.1) is 0 Å². The number of carboxylic acid groups (broad SMARTS) is 1. The lowest BCUT2D eigenvalue weighted by Gasteiger charge is -2.33. The average Bonchev–Trinajstić information content (AvgIpc) is 2.46. The molecule has 0 unspecified atom stereocenters. The van der Waals surface area contributed by atoms with Crippen LogP contribution in [0, 0.1) is 0 Å². The Kier molecular flexibility index (Phi) is 4.03. The Labute approximate surface area is 104 Å². The Bertz CT molecular complexity index is 335. The molecule has 96 valence electrons. The summed E-state index contributed by atoms with van der Waals surface area (Å²) >= 11 is 0.953. The molecular formula is C10H16N2O4S. The lowest BCUT2D eigenvalue weighted by Crippen LogP contribution is -2.49. The fraction of sp³-hybridized carbons (Fsp3) is 0.700. The minimum atomic E-state index is -1.05. The van der Waals surface area contributed by atoms with Gasteiger partial charge in [-0.2, -0.15) is 0 Å². The first-order valence-corrected chi connectivity index (χ1v) is 6.19. The quantitative estimate of drug-likeness (QED) is 0.831. The van der Waals surface area contributed by atoms with E-state index in [1.165, 1.54) is 4.90 Å². The minimum absolute atomic E-state index is 0.119. The van der Waals surface area contributed by atoms with E-state index < -0.39 is 11.6 Å². The molecule has 1 aliphatic rings. The predicted octanol–water partition coefficient (Wildman–Crippen LogP) is 1.46. The van der Waals surface area contributed by atoms with Crippen LogP contribution in [0.4, 0.5) is 9.59 Å². The molecule has 0 saturated carbocycles. The molecular weight excluding hydrogens is 244 g/mol. The van der Waals surface area contributed by atoms with Gasteiger partial charge < -0.3 is 10.0 Å². The van der Waals surface area contributed by atoms with Gasteiger partial charge in [-0.05, 0) is 20.8 Å². The van der Waals surface area contributed by atoms with Crippen LogP contribution in [0.25, 0.3) is 0 Å². The van der Waals surface area contributed by atoms with Gasteiger partial charge in [-0.3, -0.25) is 14.5 Å². The number of hydrogen-bond acceptors (Lipinski definition) is 4. The third kappa shape index (κ3) is 3.36. The molecule has 1 saturated heterocycles. The van der Waals surface area contributed by atoms with Crippen LogP contribution in [-0.4, -0.2) is 56.5 Å². The third-order valence-electron chi connectivity index (χ3n) is 2.43. The van der Waals surface area contributed by atoms with Gasteiger partial charge in [0, 0.05) is 18.6 Å². The smallest absolute Gasteiger partial charge is 0.407 e. The number of carbonyl (C=O) groups excluding carboxylic acids is 2. The van der Waals surface area contributed by atoms with Crippen LogP contribution < -0.4 is 0 Å². The Morgan fingerprint density at radius 2 is 2.06 bits per heavy atom. The number of amides is 3. The average molecular weight is 260 g/mol. The molecule has 1 aliphatic heterocycles. The van der Waals surface area contributed by atoms with Crippen molar-refractivity contribution in [1.82, 2.24) is 9.80 Å². The largest absolute Gasteiger partial charge is 0.465 e. The summed E-state index contributed by atoms with van der Waals surface area (Å²) in [5.41, 5.74) is -0.551. The van der Waals surface area contributed by atoms with Crippen molar-refractivity contribution in [3.63, 3.8) is 0 Å². The number of nitrogens with zero attached hydrogens (tertiary/aromatic N) is 2. The van der Waals surface area contributed by atoms with Crippen molar-refractivity contribution in [2.24, 2.45) is 0 Å². The molecule has 0 radical (unpaired) electrons. The van der Waals surface area contributed by atoms with E-state index in [1.54, 1.807) is 20.8 Å². The van der Waals surface area contributed by atoms with E-state index in [4.69, 9.17) is 5.11 Å². The predicted molar refractivity (Wildman–Crippen MR) is 64.1 cm³/mol. The number of imide groups is 1. The van der Waals surface area contributed by atoms with E-state index in [0.717, 1.165) is 16.7 Å². The van der Waals surface area contributed by atoms with Crippen molar-refractivity contribution in [2.45, 2.75) is 26.3 Å². The highest BCUT2D eigenvalue weighted by Gasteiger charge is 2.32. The van der Waals surface area contributed by atoms with Crippen molar-refractivity contribution < 1.29 is 19.5 Å². The molecule has 1 N–H and O–H groups in total. The second-order valence-electron chi connectivity index (χ2n) is 4.70. The highest BCUT2D eigenvalue weighted by molar-refractivity contribution is 8.14. The van der Waals surface area contributed by atoms with Crippen LogP contribution in [0.3, 0.4) is 0 Å². The molecule has 0 aliphatic carbocycles. The molecule has 1 heterocycles. The molecule has 17 heavy (non-hydrogen) atoms. The van der Waals surface area contributed by atoms with E-state index in [0.29, 0.717) is 0 Å². The van der Waals surface area contributed by atoms with Crippen molar-refractivity contribution in [3.8, 4) is 0 Å². The summed E-state index contributed by atoms with van der Waals surface area (Å²) in [5.74, 6) is -0.0965. The molecule has 1 fully saturated rings. The van der Waals surface area contributed by atoms with Crippen LogP contribution in [0.5, 0.6) is 0 Å². The third-order valence-corrected chi connectivity index (χ3v) is 3.29. The summed E-state index contributed by atoms with van der Waals surface area (Å²) in [6, 6.07) is 0. The van der Waals surface area contributed by atoms with Gasteiger partial charge >= 0.3 is 6.09 Å². The maximum absolute atomic E-state index is 11.3. The van der Waals surface area contributed by atoms with Crippen molar-refractivity contribution in [1.29, 1.82) is 0 Å². The van der Waals surface area contributed by atoms with Gasteiger partial charge in [0.15, 0.2) is 0 Å². The van der Waals surface area contributed by atoms with Gasteiger partial charge in [0.25, 0.3) is 5.24 Å². The normalized spacial score (nSPS) is 16.5. The van der Waals surface area contributed by atoms with E-state index in [1.807, 2.05) is 0 Å². The lowest BCUT2D eigenvalue weighted by atomic mass is 10.1. The monoisotopic (exact) mass is 260 g/mol. The Morgan fingerprint density at radius 3 is 2.41 bits per heavy atom. The van der Waals surface area contributed by atoms with Crippen molar-refractivity contribution in [3.05, 3.63) is 0 Å². The van der Waals surface area contributed by atoms with E-state index >= 15 is 0 Å². The molecule has 0 aromatic rings. The van der Waals surface area contributed by atoms with Crippen molar-refractivity contribution >= 4 is 29.0 Å². The standard InChI is InChI=1S/C10H16N2O4S/c1-10(2,3)12(8(14)15)5-4-11-7(13)6-17-9(11)16/h4-6H2,1-3H3,(H,14,15). The zero-order valence-electron chi connectivity index (χ0n) is 10.1. The lowest BCUT2D eigenvalue weighted by molar-refractivity contribution is -0.124. The zero-order valence-corrected chi connectivity index (χ0v) is 10.9. The Balaban J connectivity index is 2.62. The Morgan fingerprint density at radius 1 is 1.47 bits per heavy atom. The second-order valence-corrected chi connectivity index (χ2v) is 5.63. The first-order chi connectivity index (χ1) is 7.73. The van der Waals surface area contributed by atoms with Crippen LogP contribution >= 0.6 is 11.8 Å². The highest BCUT2D eigenvalue weighted by atomic mass is 32.2. The Hall–Kier alpha value is -1.24. The van der Waals surface area contributed by atoms with Crippen LogP contribution in [0.15, 0.2) is 0 Å². The summed E-state index contributed by atoms with van der Waals surface area (Å²) < 4.78 is 0. The topological polar surface area (TPSA) is 77.9 Å². The highest BCUT2D eigenvalue weighted by Crippen LogP contribution is 2.19. The van der Waals surface area contributed by atoms with Crippen LogP contribution in [0.1, 0.15) is 20.8 Å². The number of hydrogen-bond donors (Lipinski definition) is 1. The summed E-state index contributed by atoms with van der Waals surface area (Å²) in [7, 11) is 0. The fourth-order valence-electron chi connectivity index (χ4n) is 1.52. The first kappa shape index (κ1) is 13.8. The molecule has 1 rings (SSSR count). The molecule has 0 atom stereocenters. The number of carbonyl (C=O) groups is 3. The van der Waals surface area contributed by atoms with Crippen molar-refractivity contribution in [2.75, 3.05) is 18.8 Å². The van der Waals surface area contributed by atoms with E-state index in [2.05, 4.69) is 0 Å². The van der Waals surface area contributed by atoms with Gasteiger partial charge in [-0.25, -0.2) is 4.79 Å². The summed E-state index contributed by atoms with van der Waals surface area (Å²) in [6.07, 6.45) is -1.05. The molecule has 7 heteroatoms. The zero-order chi connectivity index (χ0) is 13.2. The first-order valence-electron chi connectivity index (χ1n) is 5.21. The molecule has 0 spiro atoms. The van der Waals surface area contributed by atoms with E-state index in [9.17, 15) is 14.4 Å². The summed E-state index contributed by atoms with van der Waals surface area (Å²) in [5, 5.41) is 8.75. The van der Waals surface area contributed by atoms with Crippen LogP contribution in [0.2, 0.25) is 0 Å². The second kappa shape index (κ2) is 4.95. The fourth-order valence-corrected chi connectivity index (χ4v) is 2.27. The SMILES string of the molecule is CC(C)(C)N(CCN1C(=O)CSC1=O)C(=O)O. The van der Waals surface area contributed by atoms with Gasteiger partial charge in [0.2, 0.25) is 5.91 Å². The summed E-state index contributed by atoms with van der Waals surface area (Å²) in [4.78, 5) is 36.0. The molecule has 0 aromatic heterocycles. The molecule has 0 bridgehead atoms. The molecule has 3 amide bonds. The maximum Gasteiger partial charge on any atom is 0.407 e. The van der Waals surface area contributed by atoms with Crippen LogP contribution in [-0.2, 0) is 4.79 Å². The maximum atomic E-state index is 11.3. The minimum Gasteiger partial charge on any atom is -0.465 e.